The lowest BCUT2D eigenvalue weighted by Gasteiger charge is -2.59. The maximum Gasteiger partial charge on any atom is 0.251 e. The van der Waals surface area contributed by atoms with Crippen molar-refractivity contribution in [3.63, 3.8) is 0 Å². The second-order valence-electron chi connectivity index (χ2n) is 8.79. The number of amides is 1. The first-order valence-electron chi connectivity index (χ1n) is 9.33. The minimum atomic E-state index is 0.116. The molecule has 23 heavy (non-hydrogen) atoms. The summed E-state index contributed by atoms with van der Waals surface area (Å²) in [5, 5.41) is 3.37. The predicted octanol–water partition coefficient (Wildman–Crippen LogP) is 4.64. The second-order valence-corrected chi connectivity index (χ2v) is 8.79. The van der Waals surface area contributed by atoms with Crippen LogP contribution in [-0.2, 0) is 0 Å². The van der Waals surface area contributed by atoms with Crippen molar-refractivity contribution in [3.05, 3.63) is 34.9 Å². The minimum Gasteiger partial charge on any atom is -0.349 e. The number of carbonyl (C=O) groups excluding carboxylic acids is 1. The van der Waals surface area contributed by atoms with Crippen molar-refractivity contribution in [1.82, 2.24) is 5.32 Å². The van der Waals surface area contributed by atoms with Gasteiger partial charge in [-0.15, -0.1) is 0 Å². The van der Waals surface area contributed by atoms with Gasteiger partial charge in [-0.1, -0.05) is 17.7 Å². The maximum atomic E-state index is 12.8. The molecule has 4 aliphatic carbocycles. The Kier molecular flexibility index (Phi) is 3.55. The van der Waals surface area contributed by atoms with Gasteiger partial charge in [-0.3, -0.25) is 4.79 Å². The van der Waals surface area contributed by atoms with Gasteiger partial charge in [-0.25, -0.2) is 0 Å². The monoisotopic (exact) mass is 311 g/mol. The third-order valence-corrected chi connectivity index (χ3v) is 6.98. The molecular weight excluding hydrogens is 282 g/mol. The number of carbonyl (C=O) groups is 1. The van der Waals surface area contributed by atoms with Crippen LogP contribution in [0.25, 0.3) is 0 Å². The van der Waals surface area contributed by atoms with Crippen LogP contribution in [0.4, 0.5) is 0 Å². The second kappa shape index (κ2) is 5.36. The molecule has 0 heterocycles. The lowest BCUT2D eigenvalue weighted by molar-refractivity contribution is -0.0688. The summed E-state index contributed by atoms with van der Waals surface area (Å²) in [6.07, 6.45) is 8.39. The van der Waals surface area contributed by atoms with Crippen LogP contribution in [0.5, 0.6) is 0 Å². The summed E-state index contributed by atoms with van der Waals surface area (Å²) in [4.78, 5) is 12.8. The molecule has 4 fully saturated rings. The summed E-state index contributed by atoms with van der Waals surface area (Å²) < 4.78 is 0. The van der Waals surface area contributed by atoms with Gasteiger partial charge in [0.1, 0.15) is 0 Å². The lowest BCUT2D eigenvalue weighted by Crippen LogP contribution is -2.55. The lowest BCUT2D eigenvalue weighted by atomic mass is 9.48. The van der Waals surface area contributed by atoms with Gasteiger partial charge in [0.25, 0.3) is 5.91 Å². The molecule has 4 bridgehead atoms. The van der Waals surface area contributed by atoms with E-state index in [1.54, 1.807) is 0 Å². The van der Waals surface area contributed by atoms with E-state index in [4.69, 9.17) is 0 Å². The van der Waals surface area contributed by atoms with Crippen molar-refractivity contribution >= 4 is 5.91 Å². The fraction of sp³-hybridized carbons (Fsp3) is 0.667. The molecule has 124 valence electrons. The number of hydrogen-bond acceptors (Lipinski definition) is 1. The molecule has 1 N–H and O–H groups in total. The molecule has 1 atom stereocenters. The van der Waals surface area contributed by atoms with Gasteiger partial charge in [-0.05, 0) is 94.1 Å². The zero-order valence-electron chi connectivity index (χ0n) is 14.7. The normalized spacial score (nSPS) is 36.0. The third kappa shape index (κ3) is 2.60. The summed E-state index contributed by atoms with van der Waals surface area (Å²) in [5.74, 6) is 2.91. The molecule has 0 radical (unpaired) electrons. The van der Waals surface area contributed by atoms with Crippen molar-refractivity contribution < 1.29 is 4.79 Å². The Balaban J connectivity index is 1.51. The summed E-state index contributed by atoms with van der Waals surface area (Å²) >= 11 is 0. The predicted molar refractivity (Wildman–Crippen MR) is 93.4 cm³/mol. The highest BCUT2D eigenvalue weighted by Gasteiger charge is 2.53. The molecule has 1 amide bonds. The van der Waals surface area contributed by atoms with E-state index in [1.807, 2.05) is 19.1 Å². The van der Waals surface area contributed by atoms with Gasteiger partial charge in [0, 0.05) is 11.6 Å². The number of benzene rings is 1. The molecule has 2 nitrogen and oxygen atoms in total. The number of rotatable bonds is 3. The van der Waals surface area contributed by atoms with E-state index >= 15 is 0 Å². The third-order valence-electron chi connectivity index (χ3n) is 6.98. The largest absolute Gasteiger partial charge is 0.349 e. The molecule has 0 aromatic heterocycles. The van der Waals surface area contributed by atoms with Crippen molar-refractivity contribution in [2.24, 2.45) is 23.2 Å². The van der Waals surface area contributed by atoms with Crippen LogP contribution >= 0.6 is 0 Å². The van der Waals surface area contributed by atoms with Crippen molar-refractivity contribution in [2.75, 3.05) is 0 Å². The van der Waals surface area contributed by atoms with Gasteiger partial charge in [0.05, 0.1) is 0 Å². The van der Waals surface area contributed by atoms with Gasteiger partial charge in [0.2, 0.25) is 0 Å². The van der Waals surface area contributed by atoms with E-state index in [1.165, 1.54) is 44.1 Å². The van der Waals surface area contributed by atoms with E-state index in [0.717, 1.165) is 28.9 Å². The van der Waals surface area contributed by atoms with Gasteiger partial charge in [0.15, 0.2) is 0 Å². The first kappa shape index (κ1) is 15.2. The van der Waals surface area contributed by atoms with Crippen molar-refractivity contribution in [3.8, 4) is 0 Å². The minimum absolute atomic E-state index is 0.116. The van der Waals surface area contributed by atoms with Crippen LogP contribution in [0.15, 0.2) is 18.2 Å². The van der Waals surface area contributed by atoms with Gasteiger partial charge >= 0.3 is 0 Å². The molecule has 1 unspecified atom stereocenters. The summed E-state index contributed by atoms with van der Waals surface area (Å²) in [7, 11) is 0. The Labute approximate surface area is 140 Å². The fourth-order valence-corrected chi connectivity index (χ4v) is 6.20. The van der Waals surface area contributed by atoms with E-state index < -0.39 is 0 Å². The first-order valence-corrected chi connectivity index (χ1v) is 9.33. The van der Waals surface area contributed by atoms with E-state index in [9.17, 15) is 4.79 Å². The Morgan fingerprint density at radius 2 is 1.65 bits per heavy atom. The molecule has 1 aromatic rings. The SMILES string of the molecule is Cc1ccc(C(=O)NC(C)C23CC4CC(CC(C4)C2)C3)c(C)c1. The summed E-state index contributed by atoms with van der Waals surface area (Å²) in [6.45, 7) is 6.37. The first-order chi connectivity index (χ1) is 10.9. The van der Waals surface area contributed by atoms with Crippen LogP contribution in [0.1, 0.15) is 66.9 Å². The molecule has 1 aromatic carbocycles. The van der Waals surface area contributed by atoms with Crippen LogP contribution in [-0.4, -0.2) is 11.9 Å². The van der Waals surface area contributed by atoms with Crippen LogP contribution in [0.2, 0.25) is 0 Å². The van der Waals surface area contributed by atoms with E-state index in [0.29, 0.717) is 11.5 Å². The standard InChI is InChI=1S/C21H29NO/c1-13-4-5-19(14(2)6-13)20(23)22-15(3)21-10-16-7-17(11-21)9-18(8-16)12-21/h4-6,15-18H,7-12H2,1-3H3,(H,22,23). The smallest absolute Gasteiger partial charge is 0.251 e. The van der Waals surface area contributed by atoms with Crippen LogP contribution < -0.4 is 5.32 Å². The number of hydrogen-bond donors (Lipinski definition) is 1. The molecular formula is C21H29NO. The average molecular weight is 311 g/mol. The topological polar surface area (TPSA) is 29.1 Å². The molecule has 4 aliphatic rings. The maximum absolute atomic E-state index is 12.8. The molecule has 0 aliphatic heterocycles. The van der Waals surface area contributed by atoms with E-state index in [-0.39, 0.29) is 5.91 Å². The van der Waals surface area contributed by atoms with Crippen LogP contribution in [0.3, 0.4) is 0 Å². The van der Waals surface area contributed by atoms with Gasteiger partial charge < -0.3 is 5.32 Å². The number of nitrogens with one attached hydrogen (secondary N) is 1. The zero-order chi connectivity index (χ0) is 16.2. The molecule has 4 saturated carbocycles. The zero-order valence-corrected chi connectivity index (χ0v) is 14.7. The summed E-state index contributed by atoms with van der Waals surface area (Å²) in [6, 6.07) is 6.41. The van der Waals surface area contributed by atoms with Crippen molar-refractivity contribution in [2.45, 2.75) is 65.3 Å². The fourth-order valence-electron chi connectivity index (χ4n) is 6.20. The van der Waals surface area contributed by atoms with E-state index in [2.05, 4.69) is 25.2 Å². The Hall–Kier alpha value is -1.31. The highest BCUT2D eigenvalue weighted by Crippen LogP contribution is 2.61. The highest BCUT2D eigenvalue weighted by atomic mass is 16.1. The summed E-state index contributed by atoms with van der Waals surface area (Å²) in [5.41, 5.74) is 3.52. The Morgan fingerprint density at radius 1 is 1.09 bits per heavy atom. The van der Waals surface area contributed by atoms with Crippen molar-refractivity contribution in [1.29, 1.82) is 0 Å². The van der Waals surface area contributed by atoms with Gasteiger partial charge in [-0.2, -0.15) is 0 Å². The number of aryl methyl sites for hydroxylation is 2. The molecule has 2 heteroatoms. The molecule has 0 spiro atoms. The quantitative estimate of drug-likeness (QED) is 0.866. The average Bonchev–Trinajstić information content (AvgIpc) is 2.45. The Bertz CT molecular complexity index is 597. The highest BCUT2D eigenvalue weighted by molar-refractivity contribution is 5.95. The molecule has 0 saturated heterocycles. The van der Waals surface area contributed by atoms with Crippen LogP contribution in [0, 0.1) is 37.0 Å². The molecule has 5 rings (SSSR count). The Morgan fingerprint density at radius 3 is 2.17 bits per heavy atom.